The van der Waals surface area contributed by atoms with Crippen LogP contribution in [0.3, 0.4) is 0 Å². The Balaban J connectivity index is 1.27. The minimum atomic E-state index is -0.0890. The van der Waals surface area contributed by atoms with Gasteiger partial charge in [0.2, 0.25) is 5.91 Å². The monoisotopic (exact) mass is 415 g/mol. The van der Waals surface area contributed by atoms with Crippen LogP contribution in [0.1, 0.15) is 25.0 Å². The van der Waals surface area contributed by atoms with Crippen LogP contribution >= 0.6 is 0 Å². The average molecular weight is 415 g/mol. The highest BCUT2D eigenvalue weighted by Crippen LogP contribution is 2.18. The maximum absolute atomic E-state index is 12.3. The van der Waals surface area contributed by atoms with Gasteiger partial charge in [-0.3, -0.25) is 4.79 Å². The molecule has 1 aliphatic heterocycles. The van der Waals surface area contributed by atoms with Crippen LogP contribution in [0.4, 0.5) is 4.79 Å². The minimum absolute atomic E-state index is 0.0159. The van der Waals surface area contributed by atoms with E-state index in [1.165, 1.54) is 0 Å². The molecule has 2 heterocycles. The number of carbonyl (C=O) groups is 2. The van der Waals surface area contributed by atoms with Gasteiger partial charge >= 0.3 is 6.03 Å². The highest BCUT2D eigenvalue weighted by Gasteiger charge is 2.27. The SMILES string of the molecule is COc1ccc(OCCCNC(=O)N2CCC(C(=O)NCc3ccco3)CC2)cc1. The van der Waals surface area contributed by atoms with Gasteiger partial charge in [0.1, 0.15) is 17.3 Å². The van der Waals surface area contributed by atoms with Crippen LogP contribution in [0.2, 0.25) is 0 Å². The lowest BCUT2D eigenvalue weighted by Gasteiger charge is -2.31. The molecule has 8 nitrogen and oxygen atoms in total. The molecule has 0 saturated carbocycles. The molecule has 0 aliphatic carbocycles. The van der Waals surface area contributed by atoms with Crippen molar-refractivity contribution in [2.45, 2.75) is 25.8 Å². The van der Waals surface area contributed by atoms with E-state index in [4.69, 9.17) is 13.9 Å². The molecule has 0 spiro atoms. The molecule has 3 rings (SSSR count). The quantitative estimate of drug-likeness (QED) is 0.615. The van der Waals surface area contributed by atoms with Crippen molar-refractivity contribution in [2.24, 2.45) is 5.92 Å². The van der Waals surface area contributed by atoms with E-state index in [0.717, 1.165) is 17.3 Å². The van der Waals surface area contributed by atoms with Gasteiger partial charge in [-0.15, -0.1) is 0 Å². The molecule has 1 saturated heterocycles. The Morgan fingerprint density at radius 2 is 1.83 bits per heavy atom. The topological polar surface area (TPSA) is 93.0 Å². The first-order chi connectivity index (χ1) is 14.7. The Labute approximate surface area is 176 Å². The van der Waals surface area contributed by atoms with Gasteiger partial charge in [-0.25, -0.2) is 4.79 Å². The van der Waals surface area contributed by atoms with E-state index in [0.29, 0.717) is 52.0 Å². The number of amides is 3. The number of benzene rings is 1. The zero-order valence-electron chi connectivity index (χ0n) is 17.3. The second-order valence-corrected chi connectivity index (χ2v) is 7.17. The summed E-state index contributed by atoms with van der Waals surface area (Å²) in [7, 11) is 1.62. The van der Waals surface area contributed by atoms with Crippen LogP contribution in [-0.4, -0.2) is 50.2 Å². The number of furan rings is 1. The number of nitrogens with zero attached hydrogens (tertiary/aromatic N) is 1. The van der Waals surface area contributed by atoms with Gasteiger partial charge in [-0.1, -0.05) is 0 Å². The van der Waals surface area contributed by atoms with Crippen LogP contribution in [0.15, 0.2) is 47.1 Å². The predicted octanol–water partition coefficient (Wildman–Crippen LogP) is 2.80. The molecule has 1 fully saturated rings. The van der Waals surface area contributed by atoms with Crippen LogP contribution in [0.25, 0.3) is 0 Å². The number of methoxy groups -OCH3 is 1. The van der Waals surface area contributed by atoms with Crippen molar-refractivity contribution in [3.05, 3.63) is 48.4 Å². The number of likely N-dealkylation sites (tertiary alicyclic amines) is 1. The summed E-state index contributed by atoms with van der Waals surface area (Å²) in [4.78, 5) is 26.3. The molecular weight excluding hydrogens is 386 g/mol. The summed E-state index contributed by atoms with van der Waals surface area (Å²) < 4.78 is 16.0. The minimum Gasteiger partial charge on any atom is -0.497 e. The summed E-state index contributed by atoms with van der Waals surface area (Å²) in [6.45, 7) is 2.61. The number of ether oxygens (including phenoxy) is 2. The zero-order valence-corrected chi connectivity index (χ0v) is 17.3. The molecule has 0 radical (unpaired) electrons. The van der Waals surface area contributed by atoms with Crippen LogP contribution in [0, 0.1) is 5.92 Å². The predicted molar refractivity (Wildman–Crippen MR) is 111 cm³/mol. The van der Waals surface area contributed by atoms with E-state index in [9.17, 15) is 9.59 Å². The summed E-state index contributed by atoms with van der Waals surface area (Å²) >= 11 is 0. The van der Waals surface area contributed by atoms with Crippen molar-refractivity contribution in [2.75, 3.05) is 33.4 Å². The van der Waals surface area contributed by atoms with Crippen molar-refractivity contribution in [3.63, 3.8) is 0 Å². The summed E-state index contributed by atoms with van der Waals surface area (Å²) in [6.07, 6.45) is 3.63. The standard InChI is InChI=1S/C22H29N3O5/c1-28-18-5-7-19(8-6-18)29-15-3-11-23-22(27)25-12-9-17(10-13-25)21(26)24-16-20-4-2-14-30-20/h2,4-8,14,17H,3,9-13,15-16H2,1H3,(H,23,27)(H,24,26). The van der Waals surface area contributed by atoms with Crippen molar-refractivity contribution in [1.82, 2.24) is 15.5 Å². The molecule has 1 aliphatic rings. The molecule has 2 N–H and O–H groups in total. The fraction of sp³-hybridized carbons (Fsp3) is 0.455. The van der Waals surface area contributed by atoms with Crippen molar-refractivity contribution < 1.29 is 23.5 Å². The van der Waals surface area contributed by atoms with Gasteiger partial charge in [0, 0.05) is 25.6 Å². The van der Waals surface area contributed by atoms with Crippen LogP contribution in [-0.2, 0) is 11.3 Å². The maximum Gasteiger partial charge on any atom is 0.317 e. The lowest BCUT2D eigenvalue weighted by atomic mass is 9.96. The van der Waals surface area contributed by atoms with Crippen LogP contribution in [0.5, 0.6) is 11.5 Å². The fourth-order valence-electron chi connectivity index (χ4n) is 3.32. The molecule has 0 bridgehead atoms. The third kappa shape index (κ3) is 6.43. The Morgan fingerprint density at radius 3 is 2.50 bits per heavy atom. The van der Waals surface area contributed by atoms with Crippen molar-refractivity contribution in [3.8, 4) is 11.5 Å². The second kappa shape index (κ2) is 11.1. The average Bonchev–Trinajstić information content (AvgIpc) is 3.31. The molecule has 2 aromatic rings. The number of piperidine rings is 1. The van der Waals surface area contributed by atoms with Gasteiger partial charge in [0.25, 0.3) is 0 Å². The first-order valence-electron chi connectivity index (χ1n) is 10.3. The number of hydrogen-bond donors (Lipinski definition) is 2. The molecule has 1 aromatic carbocycles. The van der Waals surface area contributed by atoms with E-state index in [1.54, 1.807) is 24.3 Å². The first kappa shape index (κ1) is 21.5. The molecule has 0 unspecified atom stereocenters. The van der Waals surface area contributed by atoms with Gasteiger partial charge in [-0.05, 0) is 55.7 Å². The first-order valence-corrected chi connectivity index (χ1v) is 10.3. The van der Waals surface area contributed by atoms with Gasteiger partial charge in [0.05, 0.1) is 26.5 Å². The van der Waals surface area contributed by atoms with Crippen LogP contribution < -0.4 is 20.1 Å². The maximum atomic E-state index is 12.3. The lowest BCUT2D eigenvalue weighted by molar-refractivity contribution is -0.126. The van der Waals surface area contributed by atoms with E-state index in [-0.39, 0.29) is 17.9 Å². The normalized spacial score (nSPS) is 14.2. The largest absolute Gasteiger partial charge is 0.497 e. The molecule has 8 heteroatoms. The third-order valence-corrected chi connectivity index (χ3v) is 5.10. The Hall–Kier alpha value is -3.16. The molecule has 3 amide bonds. The van der Waals surface area contributed by atoms with Crippen molar-refractivity contribution in [1.29, 1.82) is 0 Å². The second-order valence-electron chi connectivity index (χ2n) is 7.17. The number of rotatable bonds is 9. The Morgan fingerprint density at radius 1 is 1.10 bits per heavy atom. The number of urea groups is 1. The van der Waals surface area contributed by atoms with E-state index in [2.05, 4.69) is 10.6 Å². The van der Waals surface area contributed by atoms with Gasteiger partial charge < -0.3 is 29.4 Å². The van der Waals surface area contributed by atoms with E-state index >= 15 is 0 Å². The molecule has 1 aromatic heterocycles. The third-order valence-electron chi connectivity index (χ3n) is 5.10. The Kier molecular flexibility index (Phi) is 8.00. The van der Waals surface area contributed by atoms with Gasteiger partial charge in [-0.2, -0.15) is 0 Å². The molecule has 30 heavy (non-hydrogen) atoms. The molecule has 162 valence electrons. The number of nitrogens with one attached hydrogen (secondary N) is 2. The van der Waals surface area contributed by atoms with Crippen molar-refractivity contribution >= 4 is 11.9 Å². The lowest BCUT2D eigenvalue weighted by Crippen LogP contribution is -2.47. The van der Waals surface area contributed by atoms with E-state index in [1.807, 2.05) is 30.3 Å². The Bertz CT molecular complexity index is 784. The van der Waals surface area contributed by atoms with Gasteiger partial charge in [0.15, 0.2) is 0 Å². The summed E-state index contributed by atoms with van der Waals surface area (Å²) in [6, 6.07) is 10.9. The highest BCUT2D eigenvalue weighted by molar-refractivity contribution is 5.79. The zero-order chi connectivity index (χ0) is 21.2. The highest BCUT2D eigenvalue weighted by atomic mass is 16.5. The molecule has 0 atom stereocenters. The summed E-state index contributed by atoms with van der Waals surface area (Å²) in [5.41, 5.74) is 0. The van der Waals surface area contributed by atoms with E-state index < -0.39 is 0 Å². The summed E-state index contributed by atoms with van der Waals surface area (Å²) in [5, 5.41) is 5.81. The number of carbonyl (C=O) groups excluding carboxylic acids is 2. The summed E-state index contributed by atoms with van der Waals surface area (Å²) in [5.74, 6) is 2.24. The fourth-order valence-corrected chi connectivity index (χ4v) is 3.32. The number of hydrogen-bond acceptors (Lipinski definition) is 5. The smallest absolute Gasteiger partial charge is 0.317 e. The molecular formula is C22H29N3O5.